The number of aliphatic hydroxyl groups is 1. The lowest BCUT2D eigenvalue weighted by Gasteiger charge is -2.32. The lowest BCUT2D eigenvalue weighted by molar-refractivity contribution is -0.140. The fourth-order valence-electron chi connectivity index (χ4n) is 3.50. The van der Waals surface area contributed by atoms with Crippen molar-refractivity contribution < 1.29 is 19.4 Å². The number of hydrogen-bond donors (Lipinski definition) is 1. The van der Waals surface area contributed by atoms with E-state index in [1.807, 2.05) is 36.4 Å². The van der Waals surface area contributed by atoms with Gasteiger partial charge in [-0.3, -0.25) is 9.59 Å². The zero-order valence-electron chi connectivity index (χ0n) is 16.0. The Kier molecular flexibility index (Phi) is 8.99. The van der Waals surface area contributed by atoms with Gasteiger partial charge in [-0.2, -0.15) is 0 Å². The predicted octanol–water partition coefficient (Wildman–Crippen LogP) is 4.03. The van der Waals surface area contributed by atoms with Crippen molar-refractivity contribution in [1.29, 1.82) is 0 Å². The number of esters is 1. The Morgan fingerprint density at radius 1 is 1.22 bits per heavy atom. The summed E-state index contributed by atoms with van der Waals surface area (Å²) in [6.07, 6.45) is 12.0. The van der Waals surface area contributed by atoms with Gasteiger partial charge in [-0.05, 0) is 37.7 Å². The van der Waals surface area contributed by atoms with E-state index in [4.69, 9.17) is 0 Å². The van der Waals surface area contributed by atoms with Gasteiger partial charge in [0, 0.05) is 24.7 Å². The number of carbonyl (C=O) groups is 2. The quantitative estimate of drug-likeness (QED) is 0.405. The van der Waals surface area contributed by atoms with Crippen LogP contribution >= 0.6 is 0 Å². The van der Waals surface area contributed by atoms with Crippen LogP contribution in [0.25, 0.3) is 0 Å². The zero-order chi connectivity index (χ0) is 19.5. The molecule has 0 saturated heterocycles. The van der Waals surface area contributed by atoms with E-state index in [1.54, 1.807) is 0 Å². The van der Waals surface area contributed by atoms with Crippen molar-refractivity contribution in [2.24, 2.45) is 11.8 Å². The monoisotopic (exact) mass is 370 g/mol. The Hall–Kier alpha value is -2.20. The number of unbranched alkanes of at least 4 members (excludes halogenated alkanes) is 1. The number of hydrogen-bond acceptors (Lipinski definition) is 4. The molecule has 0 unspecified atom stereocenters. The molecule has 1 aromatic rings. The third-order valence-electron chi connectivity index (χ3n) is 5.10. The molecule has 1 N–H and O–H groups in total. The summed E-state index contributed by atoms with van der Waals surface area (Å²) in [5.41, 5.74) is 1.22. The summed E-state index contributed by atoms with van der Waals surface area (Å²) in [6, 6.07) is 10.2. The molecule has 1 saturated carbocycles. The van der Waals surface area contributed by atoms with Crippen molar-refractivity contribution in [2.45, 2.75) is 51.0 Å². The molecule has 4 nitrogen and oxygen atoms in total. The van der Waals surface area contributed by atoms with Gasteiger partial charge < -0.3 is 9.84 Å². The first-order chi connectivity index (χ1) is 13.1. The lowest BCUT2D eigenvalue weighted by Crippen LogP contribution is -2.37. The molecule has 146 valence electrons. The fraction of sp³-hybridized carbons (Fsp3) is 0.478. The zero-order valence-corrected chi connectivity index (χ0v) is 16.0. The highest BCUT2D eigenvalue weighted by atomic mass is 16.5. The first-order valence-corrected chi connectivity index (χ1v) is 9.75. The molecular weight excluding hydrogens is 340 g/mol. The average Bonchev–Trinajstić information content (AvgIpc) is 2.69. The van der Waals surface area contributed by atoms with Gasteiger partial charge in [0.25, 0.3) is 0 Å². The van der Waals surface area contributed by atoms with E-state index < -0.39 is 6.10 Å². The Bertz CT molecular complexity index is 648. The van der Waals surface area contributed by atoms with Crippen LogP contribution in [0.1, 0.15) is 44.1 Å². The molecule has 0 aliphatic heterocycles. The summed E-state index contributed by atoms with van der Waals surface area (Å²) in [4.78, 5) is 23.5. The average molecular weight is 370 g/mol. The molecule has 1 aliphatic rings. The Labute approximate surface area is 161 Å². The van der Waals surface area contributed by atoms with E-state index >= 15 is 0 Å². The van der Waals surface area contributed by atoms with Crippen LogP contribution in [0.3, 0.4) is 0 Å². The third-order valence-corrected chi connectivity index (χ3v) is 5.10. The summed E-state index contributed by atoms with van der Waals surface area (Å²) >= 11 is 0. The van der Waals surface area contributed by atoms with Crippen LogP contribution in [0, 0.1) is 11.8 Å². The Morgan fingerprint density at radius 2 is 2.00 bits per heavy atom. The second kappa shape index (κ2) is 11.5. The number of methoxy groups -OCH3 is 1. The van der Waals surface area contributed by atoms with E-state index in [1.165, 1.54) is 12.7 Å². The number of allylic oxidation sites excluding steroid dienone is 3. The smallest absolute Gasteiger partial charge is 0.305 e. The SMILES string of the molecule is COC(=O)CCC/C=C\C[C@H]1C(=O)CC[C@@H](O)[C@@H]1/C=C/Cc1ccccc1. The van der Waals surface area contributed by atoms with Crippen LogP contribution in [-0.4, -0.2) is 30.1 Å². The molecule has 27 heavy (non-hydrogen) atoms. The largest absolute Gasteiger partial charge is 0.469 e. The highest BCUT2D eigenvalue weighted by molar-refractivity contribution is 5.82. The van der Waals surface area contributed by atoms with E-state index in [0.717, 1.165) is 19.3 Å². The molecule has 3 atom stereocenters. The molecule has 0 spiro atoms. The van der Waals surface area contributed by atoms with Crippen LogP contribution in [0.5, 0.6) is 0 Å². The topological polar surface area (TPSA) is 63.6 Å². The molecule has 2 rings (SSSR count). The van der Waals surface area contributed by atoms with Gasteiger partial charge in [0.1, 0.15) is 5.78 Å². The number of carbonyl (C=O) groups excluding carboxylic acids is 2. The van der Waals surface area contributed by atoms with Gasteiger partial charge in [0.05, 0.1) is 13.2 Å². The maximum atomic E-state index is 12.4. The van der Waals surface area contributed by atoms with Crippen LogP contribution in [0.2, 0.25) is 0 Å². The second-order valence-corrected chi connectivity index (χ2v) is 7.05. The summed E-state index contributed by atoms with van der Waals surface area (Å²) in [7, 11) is 1.39. The maximum absolute atomic E-state index is 12.4. The van der Waals surface area contributed by atoms with Crippen molar-refractivity contribution in [1.82, 2.24) is 0 Å². The van der Waals surface area contributed by atoms with Gasteiger partial charge in [0.15, 0.2) is 0 Å². The Balaban J connectivity index is 1.88. The fourth-order valence-corrected chi connectivity index (χ4v) is 3.50. The van der Waals surface area contributed by atoms with Crippen molar-refractivity contribution in [3.8, 4) is 0 Å². The van der Waals surface area contributed by atoms with Gasteiger partial charge in [-0.1, -0.05) is 54.6 Å². The van der Waals surface area contributed by atoms with Gasteiger partial charge in [-0.15, -0.1) is 0 Å². The van der Waals surface area contributed by atoms with Crippen molar-refractivity contribution in [2.75, 3.05) is 7.11 Å². The first-order valence-electron chi connectivity index (χ1n) is 9.75. The summed E-state index contributed by atoms with van der Waals surface area (Å²) in [6.45, 7) is 0. The summed E-state index contributed by atoms with van der Waals surface area (Å²) < 4.78 is 4.62. The highest BCUT2D eigenvalue weighted by Gasteiger charge is 2.35. The summed E-state index contributed by atoms with van der Waals surface area (Å²) in [5, 5.41) is 10.4. The molecule has 4 heteroatoms. The minimum Gasteiger partial charge on any atom is -0.469 e. The molecule has 0 aromatic heterocycles. The van der Waals surface area contributed by atoms with E-state index in [-0.39, 0.29) is 23.6 Å². The number of benzene rings is 1. The first kappa shape index (κ1) is 21.1. The molecular formula is C23H30O4. The molecule has 1 fully saturated rings. The van der Waals surface area contributed by atoms with Crippen molar-refractivity contribution >= 4 is 11.8 Å². The van der Waals surface area contributed by atoms with Crippen LogP contribution in [0.4, 0.5) is 0 Å². The molecule has 0 heterocycles. The molecule has 0 bridgehead atoms. The minimum atomic E-state index is -0.465. The highest BCUT2D eigenvalue weighted by Crippen LogP contribution is 2.32. The molecule has 1 aromatic carbocycles. The molecule has 0 radical (unpaired) electrons. The van der Waals surface area contributed by atoms with Gasteiger partial charge in [0.2, 0.25) is 0 Å². The van der Waals surface area contributed by atoms with Gasteiger partial charge >= 0.3 is 5.97 Å². The number of Topliss-reactive ketones (excluding diaryl/α,β-unsaturated/α-hetero) is 1. The third kappa shape index (κ3) is 7.14. The van der Waals surface area contributed by atoms with Gasteiger partial charge in [-0.25, -0.2) is 0 Å². The second-order valence-electron chi connectivity index (χ2n) is 7.05. The van der Waals surface area contributed by atoms with E-state index in [2.05, 4.69) is 22.9 Å². The van der Waals surface area contributed by atoms with Crippen molar-refractivity contribution in [3.05, 3.63) is 60.2 Å². The van der Waals surface area contributed by atoms with Crippen LogP contribution in [-0.2, 0) is 20.7 Å². The molecule has 1 aliphatic carbocycles. The van der Waals surface area contributed by atoms with E-state index in [0.29, 0.717) is 25.7 Å². The van der Waals surface area contributed by atoms with Crippen molar-refractivity contribution in [3.63, 3.8) is 0 Å². The minimum absolute atomic E-state index is 0.130. The lowest BCUT2D eigenvalue weighted by atomic mass is 9.74. The number of ether oxygens (including phenoxy) is 1. The van der Waals surface area contributed by atoms with Crippen LogP contribution < -0.4 is 0 Å². The number of ketones is 1. The Morgan fingerprint density at radius 3 is 2.74 bits per heavy atom. The normalized spacial score (nSPS) is 23.2. The van der Waals surface area contributed by atoms with E-state index in [9.17, 15) is 14.7 Å². The standard InChI is InChI=1S/C23H30O4/c1-27-23(26)15-8-3-2-7-13-19-20(22(25)17-16-21(19)24)14-9-12-18-10-5-4-6-11-18/h2,4-7,9-11,14,19-20,22,25H,3,8,12-13,15-17H2,1H3/b7-2-,14-9+/t19-,20-,22-/m1/s1. The molecule has 0 amide bonds. The number of aliphatic hydroxyl groups excluding tert-OH is 1. The predicted molar refractivity (Wildman–Crippen MR) is 106 cm³/mol. The maximum Gasteiger partial charge on any atom is 0.305 e. The van der Waals surface area contributed by atoms with Crippen LogP contribution in [0.15, 0.2) is 54.6 Å². The number of rotatable bonds is 9. The summed E-state index contributed by atoms with van der Waals surface area (Å²) in [5.74, 6) is -0.265.